The fourth-order valence-corrected chi connectivity index (χ4v) is 4.07. The fraction of sp³-hybridized carbons (Fsp3) is 0.346. The van der Waals surface area contributed by atoms with E-state index < -0.39 is 0 Å². The van der Waals surface area contributed by atoms with Gasteiger partial charge in [-0.15, -0.1) is 0 Å². The first-order valence-corrected chi connectivity index (χ1v) is 11.1. The van der Waals surface area contributed by atoms with Gasteiger partial charge in [-0.25, -0.2) is 4.39 Å². The number of methoxy groups -OCH3 is 1. The van der Waals surface area contributed by atoms with E-state index in [0.717, 1.165) is 44.9 Å². The number of amides is 1. The molecule has 2 heterocycles. The van der Waals surface area contributed by atoms with Crippen molar-refractivity contribution in [1.29, 1.82) is 0 Å². The first-order valence-electron chi connectivity index (χ1n) is 11.1. The Morgan fingerprint density at radius 1 is 1.00 bits per heavy atom. The Morgan fingerprint density at radius 3 is 2.59 bits per heavy atom. The molecule has 1 fully saturated rings. The molecule has 1 aliphatic rings. The lowest BCUT2D eigenvalue weighted by molar-refractivity contribution is -0.131. The van der Waals surface area contributed by atoms with Crippen molar-refractivity contribution in [3.05, 3.63) is 77.8 Å². The number of carbonyl (C=O) groups is 1. The molecule has 32 heavy (non-hydrogen) atoms. The van der Waals surface area contributed by atoms with Gasteiger partial charge in [-0.3, -0.25) is 9.69 Å². The standard InChI is InChI=1S/C26H29FN2O3/c1-31-21-9-7-20(8-10-21)19-28-15-4-16-29(18-17-28)26(30)14-12-22-11-13-25(32-22)23-5-2-3-6-24(23)27/h2-3,5-11,13H,4,12,14-19H2,1H3. The normalized spacial score (nSPS) is 14.9. The van der Waals surface area contributed by atoms with Gasteiger partial charge in [0.2, 0.25) is 5.91 Å². The molecule has 0 N–H and O–H groups in total. The Kier molecular flexibility index (Phi) is 7.22. The van der Waals surface area contributed by atoms with E-state index in [-0.39, 0.29) is 11.7 Å². The Balaban J connectivity index is 1.26. The van der Waals surface area contributed by atoms with Gasteiger partial charge < -0.3 is 14.1 Å². The molecule has 5 nitrogen and oxygen atoms in total. The summed E-state index contributed by atoms with van der Waals surface area (Å²) in [5, 5.41) is 0. The van der Waals surface area contributed by atoms with Crippen LogP contribution in [0.3, 0.4) is 0 Å². The lowest BCUT2D eigenvalue weighted by atomic mass is 10.1. The molecule has 2 aromatic carbocycles. The third-order valence-electron chi connectivity index (χ3n) is 5.89. The lowest BCUT2D eigenvalue weighted by Gasteiger charge is -2.22. The van der Waals surface area contributed by atoms with Crippen molar-refractivity contribution >= 4 is 5.91 Å². The highest BCUT2D eigenvalue weighted by Gasteiger charge is 2.20. The number of hydrogen-bond acceptors (Lipinski definition) is 4. The van der Waals surface area contributed by atoms with Crippen LogP contribution in [-0.2, 0) is 17.8 Å². The van der Waals surface area contributed by atoms with E-state index in [4.69, 9.17) is 9.15 Å². The number of aryl methyl sites for hydroxylation is 1. The number of benzene rings is 2. The summed E-state index contributed by atoms with van der Waals surface area (Å²) in [5.41, 5.74) is 1.68. The van der Waals surface area contributed by atoms with Crippen LogP contribution < -0.4 is 4.74 Å². The second-order valence-electron chi connectivity index (χ2n) is 8.10. The van der Waals surface area contributed by atoms with Crippen LogP contribution in [0, 0.1) is 5.82 Å². The van der Waals surface area contributed by atoms with Crippen LogP contribution in [0.4, 0.5) is 4.39 Å². The number of nitrogens with zero attached hydrogens (tertiary/aromatic N) is 2. The van der Waals surface area contributed by atoms with Crippen LogP contribution in [-0.4, -0.2) is 49.0 Å². The minimum atomic E-state index is -0.312. The number of ether oxygens (including phenoxy) is 1. The van der Waals surface area contributed by atoms with Crippen LogP contribution in [0.1, 0.15) is 24.2 Å². The molecule has 168 valence electrons. The van der Waals surface area contributed by atoms with Gasteiger partial charge in [-0.2, -0.15) is 0 Å². The molecule has 3 aromatic rings. The van der Waals surface area contributed by atoms with Crippen molar-refractivity contribution in [3.8, 4) is 17.1 Å². The van der Waals surface area contributed by atoms with E-state index in [9.17, 15) is 9.18 Å². The van der Waals surface area contributed by atoms with Crippen LogP contribution in [0.2, 0.25) is 0 Å². The molecular weight excluding hydrogens is 407 g/mol. The maximum Gasteiger partial charge on any atom is 0.223 e. The Labute approximate surface area is 188 Å². The monoisotopic (exact) mass is 436 g/mol. The van der Waals surface area contributed by atoms with E-state index in [1.807, 2.05) is 23.1 Å². The summed E-state index contributed by atoms with van der Waals surface area (Å²) >= 11 is 0. The summed E-state index contributed by atoms with van der Waals surface area (Å²) < 4.78 is 25.0. The van der Waals surface area contributed by atoms with Crippen molar-refractivity contribution in [1.82, 2.24) is 9.80 Å². The highest BCUT2D eigenvalue weighted by molar-refractivity contribution is 5.76. The third kappa shape index (κ3) is 5.56. The quantitative estimate of drug-likeness (QED) is 0.536. The average molecular weight is 437 g/mol. The molecule has 1 aromatic heterocycles. The predicted molar refractivity (Wildman–Crippen MR) is 122 cm³/mol. The zero-order chi connectivity index (χ0) is 22.3. The van der Waals surface area contributed by atoms with Crippen LogP contribution >= 0.6 is 0 Å². The molecule has 4 rings (SSSR count). The van der Waals surface area contributed by atoms with Crippen molar-refractivity contribution < 1.29 is 18.3 Å². The van der Waals surface area contributed by atoms with E-state index in [1.54, 1.807) is 31.4 Å². The minimum Gasteiger partial charge on any atom is -0.497 e. The number of rotatable bonds is 7. The molecule has 0 unspecified atom stereocenters. The summed E-state index contributed by atoms with van der Waals surface area (Å²) in [6.07, 6.45) is 1.86. The van der Waals surface area contributed by atoms with Crippen molar-refractivity contribution in [2.75, 3.05) is 33.3 Å². The number of halogens is 1. The second kappa shape index (κ2) is 10.5. The summed E-state index contributed by atoms with van der Waals surface area (Å²) in [5.74, 6) is 1.88. The van der Waals surface area contributed by atoms with Crippen LogP contribution in [0.25, 0.3) is 11.3 Å². The Hall–Kier alpha value is -3.12. The molecule has 0 spiro atoms. The zero-order valence-corrected chi connectivity index (χ0v) is 18.4. The summed E-state index contributed by atoms with van der Waals surface area (Å²) in [4.78, 5) is 17.1. The van der Waals surface area contributed by atoms with Gasteiger partial charge in [0.05, 0.1) is 12.7 Å². The smallest absolute Gasteiger partial charge is 0.223 e. The minimum absolute atomic E-state index is 0.139. The number of hydrogen-bond donors (Lipinski definition) is 0. The van der Waals surface area contributed by atoms with Crippen molar-refractivity contribution in [2.24, 2.45) is 0 Å². The van der Waals surface area contributed by atoms with E-state index >= 15 is 0 Å². The van der Waals surface area contributed by atoms with Crippen LogP contribution in [0.15, 0.2) is 65.1 Å². The maximum absolute atomic E-state index is 14.0. The summed E-state index contributed by atoms with van der Waals surface area (Å²) in [7, 11) is 1.67. The zero-order valence-electron chi connectivity index (χ0n) is 18.4. The summed E-state index contributed by atoms with van der Waals surface area (Å²) in [6.45, 7) is 4.21. The molecule has 0 aliphatic carbocycles. The molecular formula is C26H29FN2O3. The van der Waals surface area contributed by atoms with Crippen molar-refractivity contribution in [3.63, 3.8) is 0 Å². The lowest BCUT2D eigenvalue weighted by Crippen LogP contribution is -2.35. The van der Waals surface area contributed by atoms with E-state index in [1.165, 1.54) is 11.6 Å². The van der Waals surface area contributed by atoms with Gasteiger partial charge in [0.25, 0.3) is 0 Å². The van der Waals surface area contributed by atoms with Crippen molar-refractivity contribution in [2.45, 2.75) is 25.8 Å². The molecule has 1 aliphatic heterocycles. The van der Waals surface area contributed by atoms with Gasteiger partial charge >= 0.3 is 0 Å². The largest absolute Gasteiger partial charge is 0.497 e. The SMILES string of the molecule is COc1ccc(CN2CCCN(C(=O)CCc3ccc(-c4ccccc4F)o3)CC2)cc1. The fourth-order valence-electron chi connectivity index (χ4n) is 4.07. The summed E-state index contributed by atoms with van der Waals surface area (Å²) in [6, 6.07) is 18.3. The van der Waals surface area contributed by atoms with Gasteiger partial charge in [-0.1, -0.05) is 24.3 Å². The first kappa shape index (κ1) is 22.1. The molecule has 1 saturated heterocycles. The molecule has 1 amide bonds. The van der Waals surface area contributed by atoms with Gasteiger partial charge in [-0.05, 0) is 48.4 Å². The van der Waals surface area contributed by atoms with Gasteiger partial charge in [0.1, 0.15) is 23.1 Å². The molecule has 6 heteroatoms. The Bertz CT molecular complexity index is 1030. The highest BCUT2D eigenvalue weighted by Crippen LogP contribution is 2.25. The molecule has 0 radical (unpaired) electrons. The van der Waals surface area contributed by atoms with E-state index in [2.05, 4.69) is 17.0 Å². The van der Waals surface area contributed by atoms with Gasteiger partial charge in [0.15, 0.2) is 0 Å². The topological polar surface area (TPSA) is 45.9 Å². The first-order chi connectivity index (χ1) is 15.6. The Morgan fingerprint density at radius 2 is 1.81 bits per heavy atom. The number of furan rings is 1. The third-order valence-corrected chi connectivity index (χ3v) is 5.89. The second-order valence-corrected chi connectivity index (χ2v) is 8.10. The van der Waals surface area contributed by atoms with Crippen LogP contribution in [0.5, 0.6) is 5.75 Å². The maximum atomic E-state index is 14.0. The number of carbonyl (C=O) groups excluding carboxylic acids is 1. The highest BCUT2D eigenvalue weighted by atomic mass is 19.1. The van der Waals surface area contributed by atoms with E-state index in [0.29, 0.717) is 29.9 Å². The molecule has 0 atom stereocenters. The average Bonchev–Trinajstić information content (AvgIpc) is 3.16. The molecule has 0 bridgehead atoms. The predicted octanol–water partition coefficient (Wildman–Crippen LogP) is 4.76. The molecule has 0 saturated carbocycles. The van der Waals surface area contributed by atoms with Gasteiger partial charge in [0, 0.05) is 45.6 Å².